The lowest BCUT2D eigenvalue weighted by atomic mass is 10.2. The average molecular weight is 340 g/mol. The number of nitrogens with one attached hydrogen (secondary N) is 1. The highest BCUT2D eigenvalue weighted by atomic mass is 16.7. The van der Waals surface area contributed by atoms with Gasteiger partial charge in [0, 0.05) is 0 Å². The average Bonchev–Trinajstić information content (AvgIpc) is 2.99. The van der Waals surface area contributed by atoms with Gasteiger partial charge in [-0.2, -0.15) is 0 Å². The first-order chi connectivity index (χ1) is 12.2. The number of nitrogens with zero attached hydrogens (tertiary/aromatic N) is 1. The molecule has 3 rings (SSSR count). The fourth-order valence-electron chi connectivity index (χ4n) is 2.56. The molecule has 1 unspecified atom stereocenters. The molecule has 25 heavy (non-hydrogen) atoms. The van der Waals surface area contributed by atoms with Crippen LogP contribution in [0.5, 0.6) is 0 Å². The maximum Gasteiger partial charge on any atom is 0.407 e. The third-order valence-electron chi connectivity index (χ3n) is 3.85. The smallest absolute Gasteiger partial charge is 0.407 e. The number of hydrogen-bond donors (Lipinski definition) is 1. The highest BCUT2D eigenvalue weighted by Crippen LogP contribution is 2.14. The molecular weight excluding hydrogens is 320 g/mol. The van der Waals surface area contributed by atoms with Crippen molar-refractivity contribution in [3.8, 4) is 0 Å². The van der Waals surface area contributed by atoms with Crippen molar-refractivity contribution in [1.82, 2.24) is 10.4 Å². The summed E-state index contributed by atoms with van der Waals surface area (Å²) in [5.74, 6) is -0.149. The standard InChI is InChI=1S/C19H20N2O4/c22-18-11-17(12-21(18)25-14-16-9-5-2-6-10-16)20-19(23)24-13-15-7-3-1-4-8-15/h1-10,17H,11-14H2,(H,20,23). The molecule has 1 heterocycles. The Labute approximate surface area is 146 Å². The second-order valence-electron chi connectivity index (χ2n) is 5.82. The van der Waals surface area contributed by atoms with Gasteiger partial charge in [-0.3, -0.25) is 9.63 Å². The van der Waals surface area contributed by atoms with Crippen molar-refractivity contribution < 1.29 is 19.2 Å². The number of alkyl carbamates (subject to hydrolysis) is 1. The fraction of sp³-hybridized carbons (Fsp3) is 0.263. The second-order valence-corrected chi connectivity index (χ2v) is 5.82. The van der Waals surface area contributed by atoms with Gasteiger partial charge in [0.1, 0.15) is 13.2 Å². The maximum absolute atomic E-state index is 12.0. The molecule has 0 aromatic heterocycles. The lowest BCUT2D eigenvalue weighted by Gasteiger charge is -2.16. The van der Waals surface area contributed by atoms with Crippen molar-refractivity contribution in [2.24, 2.45) is 0 Å². The van der Waals surface area contributed by atoms with Crippen LogP contribution in [0.15, 0.2) is 60.7 Å². The van der Waals surface area contributed by atoms with Crippen LogP contribution in [0.1, 0.15) is 17.5 Å². The largest absolute Gasteiger partial charge is 0.445 e. The topological polar surface area (TPSA) is 67.9 Å². The maximum atomic E-state index is 12.0. The van der Waals surface area contributed by atoms with Gasteiger partial charge in [0.2, 0.25) is 5.91 Å². The zero-order valence-corrected chi connectivity index (χ0v) is 13.8. The Kier molecular flexibility index (Phi) is 5.64. The van der Waals surface area contributed by atoms with Gasteiger partial charge in [-0.15, -0.1) is 0 Å². The minimum absolute atomic E-state index is 0.149. The van der Waals surface area contributed by atoms with Crippen LogP contribution in [0, 0.1) is 0 Å². The Morgan fingerprint density at radius 1 is 1.00 bits per heavy atom. The van der Waals surface area contributed by atoms with Crippen LogP contribution in [0.3, 0.4) is 0 Å². The van der Waals surface area contributed by atoms with Crippen LogP contribution >= 0.6 is 0 Å². The SMILES string of the molecule is O=C(NC1CC(=O)N(OCc2ccccc2)C1)OCc1ccccc1. The van der Waals surface area contributed by atoms with Gasteiger partial charge >= 0.3 is 6.09 Å². The highest BCUT2D eigenvalue weighted by molar-refractivity contribution is 5.79. The lowest BCUT2D eigenvalue weighted by molar-refractivity contribution is -0.182. The highest BCUT2D eigenvalue weighted by Gasteiger charge is 2.32. The molecule has 1 aliphatic heterocycles. The molecule has 6 heteroatoms. The summed E-state index contributed by atoms with van der Waals surface area (Å²) in [6, 6.07) is 18.7. The third-order valence-corrected chi connectivity index (χ3v) is 3.85. The van der Waals surface area contributed by atoms with E-state index in [4.69, 9.17) is 9.57 Å². The Morgan fingerprint density at radius 2 is 1.60 bits per heavy atom. The fourth-order valence-corrected chi connectivity index (χ4v) is 2.56. The first kappa shape index (κ1) is 17.0. The van der Waals surface area contributed by atoms with E-state index in [0.717, 1.165) is 11.1 Å². The Bertz CT molecular complexity index is 706. The molecule has 130 valence electrons. The van der Waals surface area contributed by atoms with E-state index >= 15 is 0 Å². The first-order valence-electron chi connectivity index (χ1n) is 8.15. The van der Waals surface area contributed by atoms with Crippen LogP contribution < -0.4 is 5.32 Å². The minimum atomic E-state index is -0.536. The van der Waals surface area contributed by atoms with Gasteiger partial charge in [0.25, 0.3) is 0 Å². The monoisotopic (exact) mass is 340 g/mol. The molecule has 0 bridgehead atoms. The van der Waals surface area contributed by atoms with E-state index in [-0.39, 0.29) is 25.0 Å². The summed E-state index contributed by atoms with van der Waals surface area (Å²) in [6.07, 6.45) is -0.332. The Balaban J connectivity index is 1.41. The van der Waals surface area contributed by atoms with Crippen LogP contribution in [0.25, 0.3) is 0 Å². The molecule has 0 spiro atoms. The molecule has 1 N–H and O–H groups in total. The van der Waals surface area contributed by atoms with Gasteiger partial charge in [0.15, 0.2) is 0 Å². The lowest BCUT2D eigenvalue weighted by Crippen LogP contribution is -2.37. The molecule has 2 aromatic rings. The minimum Gasteiger partial charge on any atom is -0.445 e. The molecule has 0 radical (unpaired) electrons. The van der Waals surface area contributed by atoms with E-state index in [1.165, 1.54) is 5.06 Å². The van der Waals surface area contributed by atoms with E-state index in [0.29, 0.717) is 13.2 Å². The van der Waals surface area contributed by atoms with E-state index in [9.17, 15) is 9.59 Å². The molecule has 1 aliphatic rings. The summed E-state index contributed by atoms with van der Waals surface area (Å²) in [4.78, 5) is 29.4. The van der Waals surface area contributed by atoms with Gasteiger partial charge in [0.05, 0.1) is 19.0 Å². The van der Waals surface area contributed by atoms with Crippen LogP contribution in [0.4, 0.5) is 4.79 Å². The van der Waals surface area contributed by atoms with E-state index < -0.39 is 6.09 Å². The molecule has 0 aliphatic carbocycles. The molecule has 1 saturated heterocycles. The summed E-state index contributed by atoms with van der Waals surface area (Å²) in [7, 11) is 0. The zero-order chi connectivity index (χ0) is 17.5. The van der Waals surface area contributed by atoms with Crippen molar-refractivity contribution >= 4 is 12.0 Å². The number of rotatable bonds is 6. The predicted octanol–water partition coefficient (Wildman–Crippen LogP) is 2.65. The molecule has 1 atom stereocenters. The molecule has 2 amide bonds. The van der Waals surface area contributed by atoms with Crippen molar-refractivity contribution in [3.63, 3.8) is 0 Å². The Hall–Kier alpha value is -2.86. The van der Waals surface area contributed by atoms with Crippen molar-refractivity contribution in [2.75, 3.05) is 6.54 Å². The first-order valence-corrected chi connectivity index (χ1v) is 8.15. The van der Waals surface area contributed by atoms with Crippen LogP contribution in [-0.4, -0.2) is 29.7 Å². The van der Waals surface area contributed by atoms with E-state index in [2.05, 4.69) is 5.32 Å². The van der Waals surface area contributed by atoms with Gasteiger partial charge in [-0.05, 0) is 11.1 Å². The number of hydrogen-bond acceptors (Lipinski definition) is 4. The summed E-state index contributed by atoms with van der Waals surface area (Å²) in [5.41, 5.74) is 1.89. The van der Waals surface area contributed by atoms with Gasteiger partial charge in [-0.1, -0.05) is 60.7 Å². The molecule has 1 fully saturated rings. The van der Waals surface area contributed by atoms with Crippen molar-refractivity contribution in [2.45, 2.75) is 25.7 Å². The number of benzene rings is 2. The molecule has 2 aromatic carbocycles. The summed E-state index contributed by atoms with van der Waals surface area (Å²) in [5, 5.41) is 4.00. The summed E-state index contributed by atoms with van der Waals surface area (Å²) in [6.45, 7) is 0.825. The number of hydroxylamine groups is 2. The predicted molar refractivity (Wildman–Crippen MR) is 91.1 cm³/mol. The second kappa shape index (κ2) is 8.30. The number of amides is 2. The number of ether oxygens (including phenoxy) is 1. The molecule has 6 nitrogen and oxygen atoms in total. The molecular formula is C19H20N2O4. The van der Waals surface area contributed by atoms with Gasteiger partial charge in [-0.25, -0.2) is 9.86 Å². The van der Waals surface area contributed by atoms with Crippen molar-refractivity contribution in [3.05, 3.63) is 71.8 Å². The van der Waals surface area contributed by atoms with Gasteiger partial charge < -0.3 is 10.1 Å². The molecule has 0 saturated carbocycles. The summed E-state index contributed by atoms with van der Waals surface area (Å²) >= 11 is 0. The van der Waals surface area contributed by atoms with E-state index in [1.807, 2.05) is 60.7 Å². The van der Waals surface area contributed by atoms with Crippen LogP contribution in [-0.2, 0) is 27.6 Å². The van der Waals surface area contributed by atoms with Crippen molar-refractivity contribution in [1.29, 1.82) is 0 Å². The van der Waals surface area contributed by atoms with E-state index in [1.54, 1.807) is 0 Å². The third kappa shape index (κ3) is 5.06. The zero-order valence-electron chi connectivity index (χ0n) is 13.8. The Morgan fingerprint density at radius 3 is 2.24 bits per heavy atom. The normalized spacial score (nSPS) is 16.7. The number of carbonyl (C=O) groups excluding carboxylic acids is 2. The number of carbonyl (C=O) groups is 2. The van der Waals surface area contributed by atoms with Crippen LogP contribution in [0.2, 0.25) is 0 Å². The summed E-state index contributed by atoms with van der Waals surface area (Å²) < 4.78 is 5.17. The quantitative estimate of drug-likeness (QED) is 0.878.